The minimum atomic E-state index is -0.125. The fraction of sp³-hybridized carbons (Fsp3) is 0.619. The van der Waals surface area contributed by atoms with Crippen LogP contribution < -0.4 is 16.0 Å². The lowest BCUT2D eigenvalue weighted by atomic mass is 9.92. The van der Waals surface area contributed by atoms with Crippen LogP contribution in [0.4, 0.5) is 5.82 Å². The summed E-state index contributed by atoms with van der Waals surface area (Å²) in [5, 5.41) is 0. The van der Waals surface area contributed by atoms with E-state index < -0.39 is 0 Å². The molecule has 1 saturated heterocycles. The fourth-order valence-electron chi connectivity index (χ4n) is 3.85. The second kappa shape index (κ2) is 7.18. The van der Waals surface area contributed by atoms with Crippen molar-refractivity contribution in [1.29, 1.82) is 0 Å². The van der Waals surface area contributed by atoms with Gasteiger partial charge in [0.25, 0.3) is 11.1 Å². The Balaban J connectivity index is 1.41. The Kier molecular flexibility index (Phi) is 4.85. The molecule has 28 heavy (non-hydrogen) atoms. The van der Waals surface area contributed by atoms with Gasteiger partial charge in [-0.15, -0.1) is 0 Å². The third-order valence-electron chi connectivity index (χ3n) is 5.81. The molecule has 0 radical (unpaired) electrons. The van der Waals surface area contributed by atoms with E-state index >= 15 is 0 Å². The fourth-order valence-corrected chi connectivity index (χ4v) is 3.85. The molecule has 1 aliphatic heterocycles. The van der Waals surface area contributed by atoms with Crippen LogP contribution in [0.3, 0.4) is 0 Å². The molecule has 2 fully saturated rings. The van der Waals surface area contributed by atoms with Crippen LogP contribution in [-0.4, -0.2) is 32.2 Å². The van der Waals surface area contributed by atoms with E-state index in [0.717, 1.165) is 44.5 Å². The number of piperidine rings is 1. The van der Waals surface area contributed by atoms with Crippen molar-refractivity contribution in [3.8, 4) is 0 Å². The highest BCUT2D eigenvalue weighted by Crippen LogP contribution is 2.33. The smallest absolute Gasteiger partial charge is 0.293 e. The topological polar surface area (TPSA) is 73.0 Å². The van der Waals surface area contributed by atoms with Gasteiger partial charge in [-0.25, -0.2) is 9.97 Å². The molecule has 1 saturated carbocycles. The van der Waals surface area contributed by atoms with Gasteiger partial charge in [0.15, 0.2) is 5.82 Å². The molecular formula is C21H29N5O2. The minimum absolute atomic E-state index is 0.0133. The second-order valence-electron chi connectivity index (χ2n) is 9.14. The van der Waals surface area contributed by atoms with E-state index in [0.29, 0.717) is 24.3 Å². The van der Waals surface area contributed by atoms with Crippen molar-refractivity contribution < 1.29 is 0 Å². The molecule has 2 aromatic heterocycles. The summed E-state index contributed by atoms with van der Waals surface area (Å²) in [5.74, 6) is 0.979. The van der Waals surface area contributed by atoms with Crippen molar-refractivity contribution >= 4 is 5.82 Å². The molecule has 0 aromatic carbocycles. The van der Waals surface area contributed by atoms with Crippen LogP contribution in [-0.2, 0) is 12.0 Å². The summed E-state index contributed by atoms with van der Waals surface area (Å²) >= 11 is 0. The first-order valence-electron chi connectivity index (χ1n) is 10.2. The first kappa shape index (κ1) is 18.9. The predicted molar refractivity (Wildman–Crippen MR) is 109 cm³/mol. The van der Waals surface area contributed by atoms with Crippen molar-refractivity contribution in [2.75, 3.05) is 18.0 Å². The number of hydrogen-bond donors (Lipinski definition) is 0. The third-order valence-corrected chi connectivity index (χ3v) is 5.81. The van der Waals surface area contributed by atoms with Crippen LogP contribution in [0.2, 0.25) is 0 Å². The molecule has 2 aliphatic rings. The van der Waals surface area contributed by atoms with E-state index in [1.54, 1.807) is 29.4 Å². The number of hydrogen-bond acceptors (Lipinski definition) is 5. The Morgan fingerprint density at radius 1 is 1.07 bits per heavy atom. The zero-order valence-corrected chi connectivity index (χ0v) is 17.0. The van der Waals surface area contributed by atoms with Gasteiger partial charge < -0.3 is 9.47 Å². The maximum absolute atomic E-state index is 12.7. The molecule has 4 rings (SSSR count). The summed E-state index contributed by atoms with van der Waals surface area (Å²) in [4.78, 5) is 36.1. The van der Waals surface area contributed by atoms with E-state index in [1.165, 1.54) is 0 Å². The lowest BCUT2D eigenvalue weighted by molar-refractivity contribution is 0.348. The lowest BCUT2D eigenvalue weighted by Crippen LogP contribution is -2.40. The molecule has 0 atom stereocenters. The number of anilines is 1. The maximum atomic E-state index is 12.7. The molecule has 0 N–H and O–H groups in total. The Labute approximate surface area is 165 Å². The lowest BCUT2D eigenvalue weighted by Gasteiger charge is -2.32. The number of aromatic nitrogens is 4. The molecular weight excluding hydrogens is 354 g/mol. The standard InChI is InChI=1S/C21H29N5O2/c1-21(2,3)17-12-18(27)25(14-23-17)13-15-6-9-24(10-7-15)19-20(28)26(11-8-22-19)16-4-5-16/h8,11-12,14-16H,4-7,9-10,13H2,1-3H3. The van der Waals surface area contributed by atoms with Crippen molar-refractivity contribution in [3.63, 3.8) is 0 Å². The maximum Gasteiger partial charge on any atom is 0.293 e. The number of rotatable bonds is 4. The van der Waals surface area contributed by atoms with Gasteiger partial charge in [0.1, 0.15) is 0 Å². The molecule has 1 aliphatic carbocycles. The summed E-state index contributed by atoms with van der Waals surface area (Å²) in [6, 6.07) is 2.02. The van der Waals surface area contributed by atoms with Gasteiger partial charge in [-0.05, 0) is 31.6 Å². The zero-order chi connectivity index (χ0) is 19.9. The second-order valence-corrected chi connectivity index (χ2v) is 9.14. The number of nitrogens with zero attached hydrogens (tertiary/aromatic N) is 5. The van der Waals surface area contributed by atoms with Crippen molar-refractivity contribution in [2.24, 2.45) is 5.92 Å². The predicted octanol–water partition coefficient (Wildman–Crippen LogP) is 2.35. The monoisotopic (exact) mass is 383 g/mol. The van der Waals surface area contributed by atoms with Gasteiger partial charge in [0.05, 0.1) is 12.0 Å². The van der Waals surface area contributed by atoms with Gasteiger partial charge in [0.2, 0.25) is 0 Å². The largest absolute Gasteiger partial charge is 0.352 e. The Hall–Kier alpha value is -2.44. The van der Waals surface area contributed by atoms with E-state index in [-0.39, 0.29) is 16.5 Å². The SMILES string of the molecule is CC(C)(C)c1cc(=O)n(CC2CCN(c3nccn(C4CC4)c3=O)CC2)cn1. The quantitative estimate of drug-likeness (QED) is 0.810. The molecule has 0 amide bonds. The zero-order valence-electron chi connectivity index (χ0n) is 17.0. The molecule has 0 unspecified atom stereocenters. The molecule has 7 heteroatoms. The summed E-state index contributed by atoms with van der Waals surface area (Å²) in [5.41, 5.74) is 0.742. The van der Waals surface area contributed by atoms with Crippen molar-refractivity contribution in [3.05, 3.63) is 51.2 Å². The van der Waals surface area contributed by atoms with E-state index in [1.807, 2.05) is 4.57 Å². The van der Waals surface area contributed by atoms with Gasteiger partial charge in [-0.1, -0.05) is 20.8 Å². The first-order chi connectivity index (χ1) is 13.3. The van der Waals surface area contributed by atoms with Crippen LogP contribution >= 0.6 is 0 Å². The van der Waals surface area contributed by atoms with Crippen molar-refractivity contribution in [2.45, 2.75) is 64.5 Å². The summed E-state index contributed by atoms with van der Waals surface area (Å²) in [7, 11) is 0. The van der Waals surface area contributed by atoms with Gasteiger partial charge in [-0.2, -0.15) is 0 Å². The highest BCUT2D eigenvalue weighted by atomic mass is 16.1. The normalized spacial score (nSPS) is 18.5. The molecule has 7 nitrogen and oxygen atoms in total. The average Bonchev–Trinajstić information content (AvgIpc) is 3.48. The van der Waals surface area contributed by atoms with Crippen molar-refractivity contribution in [1.82, 2.24) is 19.1 Å². The first-order valence-corrected chi connectivity index (χ1v) is 10.2. The Morgan fingerprint density at radius 3 is 2.39 bits per heavy atom. The summed E-state index contributed by atoms with van der Waals surface area (Å²) in [6.07, 6.45) is 9.27. The summed E-state index contributed by atoms with van der Waals surface area (Å²) < 4.78 is 3.55. The van der Waals surface area contributed by atoms with E-state index in [2.05, 4.69) is 35.6 Å². The average molecular weight is 383 g/mol. The highest BCUT2D eigenvalue weighted by molar-refractivity contribution is 5.36. The Morgan fingerprint density at radius 2 is 1.79 bits per heavy atom. The van der Waals surface area contributed by atoms with Gasteiger partial charge in [-0.3, -0.25) is 14.2 Å². The van der Waals surface area contributed by atoms with Crippen LogP contribution in [0.15, 0.2) is 34.4 Å². The molecule has 0 bridgehead atoms. The highest BCUT2D eigenvalue weighted by Gasteiger charge is 2.28. The van der Waals surface area contributed by atoms with Gasteiger partial charge >= 0.3 is 0 Å². The molecule has 0 spiro atoms. The molecule has 150 valence electrons. The van der Waals surface area contributed by atoms with Crippen LogP contribution in [0.25, 0.3) is 0 Å². The van der Waals surface area contributed by atoms with Crippen LogP contribution in [0.1, 0.15) is 58.2 Å². The van der Waals surface area contributed by atoms with E-state index in [9.17, 15) is 9.59 Å². The minimum Gasteiger partial charge on any atom is -0.352 e. The summed E-state index contributed by atoms with van der Waals surface area (Å²) in [6.45, 7) is 8.45. The van der Waals surface area contributed by atoms with Gasteiger partial charge in [0, 0.05) is 49.6 Å². The molecule has 2 aromatic rings. The third kappa shape index (κ3) is 3.88. The van der Waals surface area contributed by atoms with Crippen LogP contribution in [0.5, 0.6) is 0 Å². The Bertz CT molecular complexity index is 960. The van der Waals surface area contributed by atoms with E-state index in [4.69, 9.17) is 0 Å². The molecule has 3 heterocycles. The van der Waals surface area contributed by atoms with Crippen LogP contribution in [0, 0.1) is 5.92 Å².